The average molecular weight is 419 g/mol. The zero-order valence-electron chi connectivity index (χ0n) is 16.8. The second-order valence-corrected chi connectivity index (χ2v) is 7.39. The Hall–Kier alpha value is -3.58. The van der Waals surface area contributed by atoms with Crippen molar-refractivity contribution in [2.75, 3.05) is 19.7 Å². The summed E-state index contributed by atoms with van der Waals surface area (Å²) in [5.74, 6) is -0.828. The zero-order valence-corrected chi connectivity index (χ0v) is 16.8. The third-order valence-corrected chi connectivity index (χ3v) is 5.25. The molecule has 31 heavy (non-hydrogen) atoms. The number of morpholine rings is 1. The number of aromatic nitrogens is 1. The van der Waals surface area contributed by atoms with E-state index in [2.05, 4.69) is 0 Å². The van der Waals surface area contributed by atoms with Crippen LogP contribution in [0.2, 0.25) is 0 Å². The minimum atomic E-state index is -0.478. The molecule has 0 spiro atoms. The van der Waals surface area contributed by atoms with Gasteiger partial charge < -0.3 is 15.4 Å². The first-order valence-electron chi connectivity index (χ1n) is 10.0. The average Bonchev–Trinajstić information content (AvgIpc) is 2.81. The number of amides is 2. The number of rotatable bonds is 5. The Labute approximate surface area is 179 Å². The molecule has 2 N–H and O–H groups in total. The number of hydrogen-bond acceptors (Lipinski definition) is 4. The lowest BCUT2D eigenvalue weighted by Gasteiger charge is -2.33. The van der Waals surface area contributed by atoms with Gasteiger partial charge in [-0.3, -0.25) is 9.59 Å². The summed E-state index contributed by atoms with van der Waals surface area (Å²) in [5, 5.41) is 0. The van der Waals surface area contributed by atoms with Crippen LogP contribution in [-0.4, -0.2) is 41.4 Å². The third-order valence-electron chi connectivity index (χ3n) is 5.25. The van der Waals surface area contributed by atoms with E-state index in [-0.39, 0.29) is 24.2 Å². The van der Waals surface area contributed by atoms with Crippen LogP contribution < -0.4 is 5.73 Å². The Balaban J connectivity index is 1.46. The largest absolute Gasteiger partial charge is 0.368 e. The molecule has 2 aromatic carbocycles. The quantitative estimate of drug-likeness (QED) is 0.689. The van der Waals surface area contributed by atoms with Crippen molar-refractivity contribution in [3.8, 4) is 11.3 Å². The van der Waals surface area contributed by atoms with Gasteiger partial charge >= 0.3 is 0 Å². The van der Waals surface area contributed by atoms with Crippen molar-refractivity contribution >= 4 is 11.8 Å². The molecular weight excluding hydrogens is 397 g/mol. The summed E-state index contributed by atoms with van der Waals surface area (Å²) >= 11 is 0. The van der Waals surface area contributed by atoms with E-state index in [1.165, 1.54) is 12.1 Å². The van der Waals surface area contributed by atoms with E-state index < -0.39 is 5.91 Å². The van der Waals surface area contributed by atoms with Gasteiger partial charge in [-0.2, -0.15) is 0 Å². The summed E-state index contributed by atoms with van der Waals surface area (Å²) in [6.45, 7) is 1.32. The van der Waals surface area contributed by atoms with Crippen LogP contribution in [0, 0.1) is 5.82 Å². The Morgan fingerprint density at radius 3 is 2.52 bits per heavy atom. The topological polar surface area (TPSA) is 85.5 Å². The Bertz CT molecular complexity index is 1080. The summed E-state index contributed by atoms with van der Waals surface area (Å²) < 4.78 is 19.0. The van der Waals surface area contributed by atoms with Crippen LogP contribution in [0.15, 0.2) is 66.7 Å². The molecular formula is C24H22FN3O3. The van der Waals surface area contributed by atoms with Gasteiger partial charge in [-0.05, 0) is 42.0 Å². The first kappa shape index (κ1) is 20.7. The van der Waals surface area contributed by atoms with E-state index in [1.54, 1.807) is 41.3 Å². The highest BCUT2D eigenvalue weighted by atomic mass is 19.1. The predicted octanol–water partition coefficient (Wildman–Crippen LogP) is 3.13. The summed E-state index contributed by atoms with van der Waals surface area (Å²) in [5.41, 5.74) is 8.83. The van der Waals surface area contributed by atoms with Gasteiger partial charge in [-0.15, -0.1) is 0 Å². The number of carbonyl (C=O) groups excluding carboxylic acids is 2. The van der Waals surface area contributed by atoms with Crippen molar-refractivity contribution < 1.29 is 18.7 Å². The number of primary amides is 1. The molecule has 0 radical (unpaired) electrons. The van der Waals surface area contributed by atoms with E-state index in [0.717, 1.165) is 22.5 Å². The molecule has 7 heteroatoms. The molecule has 1 fully saturated rings. The van der Waals surface area contributed by atoms with Gasteiger partial charge in [0, 0.05) is 17.7 Å². The van der Waals surface area contributed by atoms with Crippen molar-refractivity contribution in [2.45, 2.75) is 12.5 Å². The minimum absolute atomic E-state index is 0.0295. The highest BCUT2D eigenvalue weighted by Crippen LogP contribution is 2.25. The highest BCUT2D eigenvalue weighted by Gasteiger charge is 2.26. The molecule has 0 unspecified atom stereocenters. The number of nitrogens with zero attached hydrogens (tertiary/aromatic N) is 2. The molecule has 0 saturated carbocycles. The van der Waals surface area contributed by atoms with Crippen molar-refractivity contribution in [3.63, 3.8) is 0 Å². The fourth-order valence-corrected chi connectivity index (χ4v) is 3.54. The molecule has 0 aliphatic carbocycles. The summed E-state index contributed by atoms with van der Waals surface area (Å²) in [6.07, 6.45) is -0.122. The molecule has 4 rings (SSSR count). The second-order valence-electron chi connectivity index (χ2n) is 7.39. The number of ether oxygens (including phenoxy) is 1. The van der Waals surface area contributed by atoms with Gasteiger partial charge in [0.1, 0.15) is 11.9 Å². The molecule has 1 aliphatic rings. The van der Waals surface area contributed by atoms with E-state index in [4.69, 9.17) is 15.5 Å². The molecule has 1 saturated heterocycles. The standard InChI is InChI=1S/C24H22FN3O3/c25-19-10-4-16(5-11-19)14-23(29)28-12-13-31-22(15-28)21-3-1-2-20(27-21)17-6-8-18(9-7-17)24(26)30/h1-11,22H,12-15H2,(H2,26,30)/t22-/m1/s1. The first-order chi connectivity index (χ1) is 15.0. The van der Waals surface area contributed by atoms with Crippen molar-refractivity contribution in [1.82, 2.24) is 9.88 Å². The Morgan fingerprint density at radius 2 is 1.81 bits per heavy atom. The lowest BCUT2D eigenvalue weighted by atomic mass is 10.1. The highest BCUT2D eigenvalue weighted by molar-refractivity contribution is 5.93. The summed E-state index contributed by atoms with van der Waals surface area (Å²) in [7, 11) is 0. The lowest BCUT2D eigenvalue weighted by Crippen LogP contribution is -2.43. The van der Waals surface area contributed by atoms with Crippen LogP contribution in [-0.2, 0) is 16.0 Å². The van der Waals surface area contributed by atoms with Crippen LogP contribution in [0.5, 0.6) is 0 Å². The molecule has 0 bridgehead atoms. The van der Waals surface area contributed by atoms with Gasteiger partial charge in [-0.25, -0.2) is 9.37 Å². The van der Waals surface area contributed by atoms with Crippen molar-refractivity contribution in [2.24, 2.45) is 5.73 Å². The molecule has 2 amide bonds. The normalized spacial score (nSPS) is 16.2. The van der Waals surface area contributed by atoms with Gasteiger partial charge in [0.15, 0.2) is 0 Å². The number of nitrogens with two attached hydrogens (primary N) is 1. The van der Waals surface area contributed by atoms with Crippen LogP contribution in [0.1, 0.15) is 27.7 Å². The van der Waals surface area contributed by atoms with Crippen molar-refractivity contribution in [1.29, 1.82) is 0 Å². The van der Waals surface area contributed by atoms with Crippen LogP contribution in [0.3, 0.4) is 0 Å². The fourth-order valence-electron chi connectivity index (χ4n) is 3.54. The number of pyridine rings is 1. The molecule has 158 valence electrons. The zero-order chi connectivity index (χ0) is 21.8. The Morgan fingerprint density at radius 1 is 1.06 bits per heavy atom. The van der Waals surface area contributed by atoms with E-state index in [9.17, 15) is 14.0 Å². The maximum atomic E-state index is 13.1. The van der Waals surface area contributed by atoms with Gasteiger partial charge in [-0.1, -0.05) is 30.3 Å². The van der Waals surface area contributed by atoms with Gasteiger partial charge in [0.25, 0.3) is 0 Å². The molecule has 1 aromatic heterocycles. The minimum Gasteiger partial charge on any atom is -0.368 e. The Kier molecular flexibility index (Phi) is 6.04. The maximum Gasteiger partial charge on any atom is 0.248 e. The van der Waals surface area contributed by atoms with E-state index in [1.807, 2.05) is 18.2 Å². The van der Waals surface area contributed by atoms with Gasteiger partial charge in [0.2, 0.25) is 11.8 Å². The molecule has 1 atom stereocenters. The van der Waals surface area contributed by atoms with Crippen molar-refractivity contribution in [3.05, 3.63) is 89.4 Å². The number of hydrogen-bond donors (Lipinski definition) is 1. The first-order valence-corrected chi connectivity index (χ1v) is 10.0. The lowest BCUT2D eigenvalue weighted by molar-refractivity contribution is -0.138. The monoisotopic (exact) mass is 419 g/mol. The van der Waals surface area contributed by atoms with Crippen LogP contribution in [0.4, 0.5) is 4.39 Å². The van der Waals surface area contributed by atoms with Crippen LogP contribution >= 0.6 is 0 Å². The fraction of sp³-hybridized carbons (Fsp3) is 0.208. The number of benzene rings is 2. The third kappa shape index (κ3) is 4.95. The SMILES string of the molecule is NC(=O)c1ccc(-c2cccc([C@H]3CN(C(=O)Cc4ccc(F)cc4)CCO3)n2)cc1. The maximum absolute atomic E-state index is 13.1. The van der Waals surface area contributed by atoms with Gasteiger partial charge in [0.05, 0.1) is 31.0 Å². The smallest absolute Gasteiger partial charge is 0.248 e. The second kappa shape index (κ2) is 9.06. The number of halogens is 1. The summed E-state index contributed by atoms with van der Waals surface area (Å²) in [4.78, 5) is 30.5. The van der Waals surface area contributed by atoms with Crippen LogP contribution in [0.25, 0.3) is 11.3 Å². The van der Waals surface area contributed by atoms with E-state index in [0.29, 0.717) is 25.3 Å². The molecule has 3 aromatic rings. The molecule has 6 nitrogen and oxygen atoms in total. The molecule has 1 aliphatic heterocycles. The van der Waals surface area contributed by atoms with E-state index >= 15 is 0 Å². The molecule has 2 heterocycles. The summed E-state index contributed by atoms with van der Waals surface area (Å²) in [6, 6.07) is 18.5. The predicted molar refractivity (Wildman–Crippen MR) is 114 cm³/mol. The number of carbonyl (C=O) groups is 2.